The maximum atomic E-state index is 12.5. The second-order valence-electron chi connectivity index (χ2n) is 6.24. The first kappa shape index (κ1) is 16.1. The van der Waals surface area contributed by atoms with Crippen LogP contribution in [0.2, 0.25) is 0 Å². The predicted octanol–water partition coefficient (Wildman–Crippen LogP) is 1.79. The number of carbonyl (C=O) groups excluding carboxylic acids is 2. The first-order valence-electron chi connectivity index (χ1n) is 7.18. The SMILES string of the molecule is C=Cc1cc2n(n1)CCC(NC(=O)OC(C)(C)C)C(=O)N2C. The number of amides is 2. The van der Waals surface area contributed by atoms with Gasteiger partial charge in [-0.2, -0.15) is 5.10 Å². The number of hydrogen-bond donors (Lipinski definition) is 1. The number of aryl methyl sites for hydroxylation is 1. The van der Waals surface area contributed by atoms with E-state index in [1.807, 2.05) is 0 Å². The van der Waals surface area contributed by atoms with E-state index in [0.29, 0.717) is 24.5 Å². The summed E-state index contributed by atoms with van der Waals surface area (Å²) >= 11 is 0. The van der Waals surface area contributed by atoms with Crippen molar-refractivity contribution in [3.05, 3.63) is 18.3 Å². The molecule has 1 aliphatic heterocycles. The van der Waals surface area contributed by atoms with Crippen LogP contribution in [0.25, 0.3) is 6.08 Å². The van der Waals surface area contributed by atoms with Gasteiger partial charge in [0.1, 0.15) is 17.5 Å². The molecule has 120 valence electrons. The molecule has 1 aromatic heterocycles. The molecule has 0 spiro atoms. The Morgan fingerprint density at radius 1 is 1.55 bits per heavy atom. The number of likely N-dealkylation sites (N-methyl/N-ethyl adjacent to an activating group) is 1. The van der Waals surface area contributed by atoms with Gasteiger partial charge in [0.2, 0.25) is 0 Å². The van der Waals surface area contributed by atoms with Crippen LogP contribution in [0.1, 0.15) is 32.9 Å². The van der Waals surface area contributed by atoms with Crippen LogP contribution in [0.3, 0.4) is 0 Å². The Bertz CT molecular complexity index is 600. The van der Waals surface area contributed by atoms with Crippen LogP contribution < -0.4 is 10.2 Å². The smallest absolute Gasteiger partial charge is 0.408 e. The highest BCUT2D eigenvalue weighted by atomic mass is 16.6. The highest BCUT2D eigenvalue weighted by molar-refractivity contribution is 5.98. The molecule has 22 heavy (non-hydrogen) atoms. The number of alkyl carbamates (subject to hydrolysis) is 1. The van der Waals surface area contributed by atoms with Gasteiger partial charge in [-0.05, 0) is 33.3 Å². The quantitative estimate of drug-likeness (QED) is 0.903. The van der Waals surface area contributed by atoms with E-state index < -0.39 is 17.7 Å². The van der Waals surface area contributed by atoms with Crippen molar-refractivity contribution in [3.63, 3.8) is 0 Å². The Balaban J connectivity index is 2.12. The van der Waals surface area contributed by atoms with E-state index in [9.17, 15) is 9.59 Å². The second kappa shape index (κ2) is 5.82. The van der Waals surface area contributed by atoms with Gasteiger partial charge in [0.05, 0.1) is 5.69 Å². The molecule has 0 bridgehead atoms. The maximum Gasteiger partial charge on any atom is 0.408 e. The third-order valence-corrected chi connectivity index (χ3v) is 3.28. The third-order valence-electron chi connectivity index (χ3n) is 3.28. The van der Waals surface area contributed by atoms with Gasteiger partial charge in [-0.15, -0.1) is 0 Å². The molecule has 0 fully saturated rings. The van der Waals surface area contributed by atoms with Gasteiger partial charge < -0.3 is 10.1 Å². The lowest BCUT2D eigenvalue weighted by Gasteiger charge is -2.24. The first-order valence-corrected chi connectivity index (χ1v) is 7.18. The number of aromatic nitrogens is 2. The van der Waals surface area contributed by atoms with Gasteiger partial charge in [0.25, 0.3) is 5.91 Å². The number of nitrogens with one attached hydrogen (secondary N) is 1. The van der Waals surface area contributed by atoms with E-state index in [0.717, 1.165) is 0 Å². The van der Waals surface area contributed by atoms with Gasteiger partial charge in [-0.25, -0.2) is 9.48 Å². The minimum atomic E-state index is -0.631. The minimum absolute atomic E-state index is 0.194. The number of hydrogen-bond acceptors (Lipinski definition) is 4. The summed E-state index contributed by atoms with van der Waals surface area (Å²) in [4.78, 5) is 25.9. The average Bonchev–Trinajstić information content (AvgIpc) is 2.79. The van der Waals surface area contributed by atoms with Crippen molar-refractivity contribution in [1.29, 1.82) is 0 Å². The predicted molar refractivity (Wildman–Crippen MR) is 83.5 cm³/mol. The van der Waals surface area contributed by atoms with Crippen molar-refractivity contribution in [2.75, 3.05) is 11.9 Å². The molecule has 0 saturated heterocycles. The molecule has 0 saturated carbocycles. The van der Waals surface area contributed by atoms with Crippen molar-refractivity contribution >= 4 is 23.9 Å². The van der Waals surface area contributed by atoms with Crippen LogP contribution in [-0.4, -0.2) is 40.5 Å². The summed E-state index contributed by atoms with van der Waals surface area (Å²) in [5, 5.41) is 6.98. The van der Waals surface area contributed by atoms with Crippen LogP contribution in [0.4, 0.5) is 10.6 Å². The average molecular weight is 306 g/mol. The fraction of sp³-hybridized carbons (Fsp3) is 0.533. The lowest BCUT2D eigenvalue weighted by Crippen LogP contribution is -2.48. The fourth-order valence-electron chi connectivity index (χ4n) is 2.27. The van der Waals surface area contributed by atoms with E-state index in [4.69, 9.17) is 4.74 Å². The van der Waals surface area contributed by atoms with Crippen LogP contribution >= 0.6 is 0 Å². The number of ether oxygens (including phenoxy) is 1. The lowest BCUT2D eigenvalue weighted by molar-refractivity contribution is -0.120. The molecule has 1 atom stereocenters. The van der Waals surface area contributed by atoms with Crippen molar-refractivity contribution in [1.82, 2.24) is 15.1 Å². The molecule has 2 rings (SSSR count). The van der Waals surface area contributed by atoms with Crippen LogP contribution in [-0.2, 0) is 16.1 Å². The minimum Gasteiger partial charge on any atom is -0.444 e. The highest BCUT2D eigenvalue weighted by Gasteiger charge is 2.31. The van der Waals surface area contributed by atoms with Gasteiger partial charge in [-0.3, -0.25) is 9.69 Å². The Kier molecular flexibility index (Phi) is 4.25. The van der Waals surface area contributed by atoms with Crippen molar-refractivity contribution in [3.8, 4) is 0 Å². The molecule has 7 nitrogen and oxygen atoms in total. The Morgan fingerprint density at radius 3 is 2.82 bits per heavy atom. The van der Waals surface area contributed by atoms with E-state index in [1.54, 1.807) is 44.6 Å². The molecule has 0 aliphatic carbocycles. The third kappa shape index (κ3) is 3.47. The molecule has 0 radical (unpaired) electrons. The molecule has 0 aromatic carbocycles. The van der Waals surface area contributed by atoms with Gasteiger partial charge in [0, 0.05) is 19.7 Å². The van der Waals surface area contributed by atoms with Crippen molar-refractivity contribution in [2.45, 2.75) is 45.4 Å². The normalized spacial score (nSPS) is 18.5. The van der Waals surface area contributed by atoms with E-state index in [2.05, 4.69) is 17.0 Å². The maximum absolute atomic E-state index is 12.5. The zero-order valence-electron chi connectivity index (χ0n) is 13.4. The lowest BCUT2D eigenvalue weighted by atomic mass is 10.2. The number of carbonyl (C=O) groups is 2. The fourth-order valence-corrected chi connectivity index (χ4v) is 2.27. The van der Waals surface area contributed by atoms with Crippen LogP contribution in [0.5, 0.6) is 0 Å². The summed E-state index contributed by atoms with van der Waals surface area (Å²) in [5.74, 6) is 0.494. The summed E-state index contributed by atoms with van der Waals surface area (Å²) in [6.07, 6.45) is 1.50. The monoisotopic (exact) mass is 306 g/mol. The molecule has 1 aliphatic rings. The molecular formula is C15H22N4O3. The number of anilines is 1. The standard InChI is InChI=1S/C15H22N4O3/c1-6-10-9-12-18(5)13(20)11(7-8-19(12)17-10)16-14(21)22-15(2,3)4/h6,9,11H,1,7-8H2,2-5H3,(H,16,21). The zero-order chi connectivity index (χ0) is 16.5. The zero-order valence-corrected chi connectivity index (χ0v) is 13.4. The molecule has 7 heteroatoms. The largest absolute Gasteiger partial charge is 0.444 e. The molecule has 2 amide bonds. The Hall–Kier alpha value is -2.31. The molecule has 1 N–H and O–H groups in total. The summed E-state index contributed by atoms with van der Waals surface area (Å²) in [5.41, 5.74) is 0.114. The van der Waals surface area contributed by atoms with Gasteiger partial charge >= 0.3 is 6.09 Å². The van der Waals surface area contributed by atoms with E-state index >= 15 is 0 Å². The number of fused-ring (bicyclic) bond motifs is 1. The van der Waals surface area contributed by atoms with E-state index in [1.165, 1.54) is 4.90 Å². The van der Waals surface area contributed by atoms with Crippen LogP contribution in [0.15, 0.2) is 12.6 Å². The summed E-state index contributed by atoms with van der Waals surface area (Å²) in [6.45, 7) is 9.54. The van der Waals surface area contributed by atoms with Crippen LogP contribution in [0, 0.1) is 0 Å². The summed E-state index contributed by atoms with van der Waals surface area (Å²) in [6, 6.07) is 1.16. The van der Waals surface area contributed by atoms with Gasteiger partial charge in [0.15, 0.2) is 0 Å². The topological polar surface area (TPSA) is 76.5 Å². The summed E-state index contributed by atoms with van der Waals surface area (Å²) in [7, 11) is 1.66. The molecule has 1 unspecified atom stereocenters. The first-order chi connectivity index (χ1) is 10.2. The summed E-state index contributed by atoms with van der Waals surface area (Å²) < 4.78 is 6.95. The number of rotatable bonds is 2. The van der Waals surface area contributed by atoms with Crippen molar-refractivity contribution < 1.29 is 14.3 Å². The van der Waals surface area contributed by atoms with Crippen molar-refractivity contribution in [2.24, 2.45) is 0 Å². The Labute approximate surface area is 129 Å². The molecular weight excluding hydrogens is 284 g/mol. The highest BCUT2D eigenvalue weighted by Crippen LogP contribution is 2.21. The molecule has 1 aromatic rings. The Morgan fingerprint density at radius 2 is 2.23 bits per heavy atom. The number of nitrogens with zero attached hydrogens (tertiary/aromatic N) is 3. The second-order valence-corrected chi connectivity index (χ2v) is 6.24. The van der Waals surface area contributed by atoms with Gasteiger partial charge in [-0.1, -0.05) is 6.58 Å². The van der Waals surface area contributed by atoms with E-state index in [-0.39, 0.29) is 5.91 Å². The molecule has 2 heterocycles.